The number of hydrogen-bond acceptors (Lipinski definition) is 5. The molecule has 2 amide bonds. The normalized spacial score (nSPS) is 27.3. The monoisotopic (exact) mass is 527 g/mol. The molecule has 1 N–H and O–H groups in total. The van der Waals surface area contributed by atoms with Crippen LogP contribution in [0.25, 0.3) is 5.57 Å². The molecular weight excluding hydrogens is 490 g/mol. The van der Waals surface area contributed by atoms with Crippen molar-refractivity contribution in [2.45, 2.75) is 18.4 Å². The zero-order valence-corrected chi connectivity index (χ0v) is 22.3. The molecule has 3 saturated heterocycles. The molecule has 0 radical (unpaired) electrons. The maximum Gasteiger partial charge on any atom is 0.229 e. The van der Waals surface area contributed by atoms with Crippen molar-refractivity contribution in [3.8, 4) is 0 Å². The maximum atomic E-state index is 14.1. The molecule has 0 bridgehead atoms. The van der Waals surface area contributed by atoms with Crippen LogP contribution in [0.15, 0.2) is 72.8 Å². The lowest BCUT2D eigenvalue weighted by Gasteiger charge is -2.38. The summed E-state index contributed by atoms with van der Waals surface area (Å²) in [5, 5.41) is 3.51. The fourth-order valence-corrected chi connectivity index (χ4v) is 6.40. The van der Waals surface area contributed by atoms with Gasteiger partial charge < -0.3 is 24.6 Å². The number of ether oxygens (including phenoxy) is 2. The molecule has 3 fully saturated rings. The Hall–Kier alpha value is -3.26. The van der Waals surface area contributed by atoms with E-state index >= 15 is 0 Å². The Morgan fingerprint density at radius 3 is 2.41 bits per heavy atom. The summed E-state index contributed by atoms with van der Waals surface area (Å²) in [7, 11) is 0. The highest BCUT2D eigenvalue weighted by Crippen LogP contribution is 2.38. The minimum Gasteiger partial charge on any atom is -0.378 e. The molecule has 2 aromatic rings. The minimum atomic E-state index is -0.140. The van der Waals surface area contributed by atoms with E-state index in [2.05, 4.69) is 59.9 Å². The molecular formula is C32H37N3O4. The van der Waals surface area contributed by atoms with E-state index in [1.165, 1.54) is 5.56 Å². The van der Waals surface area contributed by atoms with Crippen molar-refractivity contribution in [2.24, 2.45) is 11.8 Å². The van der Waals surface area contributed by atoms with Gasteiger partial charge in [-0.15, -0.1) is 0 Å². The van der Waals surface area contributed by atoms with E-state index in [-0.39, 0.29) is 35.6 Å². The second-order valence-corrected chi connectivity index (χ2v) is 10.8. The summed E-state index contributed by atoms with van der Waals surface area (Å²) in [5.41, 5.74) is 4.59. The number of carbonyl (C=O) groups excluding carboxylic acids is 2. The Bertz CT molecular complexity index is 1240. The average Bonchev–Trinajstić information content (AvgIpc) is 3.51. The molecule has 2 aromatic carbocycles. The van der Waals surface area contributed by atoms with Gasteiger partial charge in [0, 0.05) is 38.6 Å². The lowest BCUT2D eigenvalue weighted by Crippen LogP contribution is -2.47. The van der Waals surface area contributed by atoms with Gasteiger partial charge in [-0.1, -0.05) is 72.8 Å². The van der Waals surface area contributed by atoms with Crippen LogP contribution < -0.4 is 5.32 Å². The third kappa shape index (κ3) is 5.44. The molecule has 7 nitrogen and oxygen atoms in total. The zero-order chi connectivity index (χ0) is 26.6. The van der Waals surface area contributed by atoms with Crippen LogP contribution in [0.1, 0.15) is 35.1 Å². The quantitative estimate of drug-likeness (QED) is 0.646. The summed E-state index contributed by atoms with van der Waals surface area (Å²) in [5.74, 6) is 0.190. The second kappa shape index (κ2) is 11.9. The van der Waals surface area contributed by atoms with E-state index in [9.17, 15) is 9.59 Å². The third-order valence-corrected chi connectivity index (χ3v) is 8.54. The molecule has 1 aliphatic carbocycles. The predicted molar refractivity (Wildman–Crippen MR) is 150 cm³/mol. The molecule has 204 valence electrons. The number of nitrogens with zero attached hydrogens (tertiary/aromatic N) is 2. The lowest BCUT2D eigenvalue weighted by atomic mass is 9.81. The van der Waals surface area contributed by atoms with Crippen molar-refractivity contribution in [3.63, 3.8) is 0 Å². The van der Waals surface area contributed by atoms with Crippen LogP contribution in [0.3, 0.4) is 0 Å². The number of allylic oxidation sites excluding steroid dienone is 3. The first-order valence-electron chi connectivity index (χ1n) is 14.2. The predicted octanol–water partition coefficient (Wildman–Crippen LogP) is 3.41. The van der Waals surface area contributed by atoms with Crippen LogP contribution >= 0.6 is 0 Å². The van der Waals surface area contributed by atoms with Crippen LogP contribution in [0.5, 0.6) is 0 Å². The van der Waals surface area contributed by atoms with E-state index in [4.69, 9.17) is 9.47 Å². The Morgan fingerprint density at radius 2 is 1.62 bits per heavy atom. The van der Waals surface area contributed by atoms with Gasteiger partial charge in [0.2, 0.25) is 11.8 Å². The maximum absolute atomic E-state index is 14.1. The highest BCUT2D eigenvalue weighted by Gasteiger charge is 2.40. The van der Waals surface area contributed by atoms with Crippen molar-refractivity contribution in [1.29, 1.82) is 0 Å². The SMILES string of the molecule is O=C(C1C=CC(c2ccccc2[C@@H]2CNC[C@H]2C(=O)N2CCOC[C@@H]2c2ccccc2)=CC1)N1CCOCC1. The molecule has 3 aliphatic heterocycles. The number of amides is 2. The van der Waals surface area contributed by atoms with Crippen LogP contribution in [0.2, 0.25) is 0 Å². The fourth-order valence-electron chi connectivity index (χ4n) is 6.40. The first kappa shape index (κ1) is 26.0. The molecule has 0 aromatic heterocycles. The second-order valence-electron chi connectivity index (χ2n) is 10.8. The molecule has 6 rings (SSSR count). The van der Waals surface area contributed by atoms with Gasteiger partial charge in [-0.25, -0.2) is 0 Å². The topological polar surface area (TPSA) is 71.1 Å². The van der Waals surface area contributed by atoms with Crippen molar-refractivity contribution in [1.82, 2.24) is 15.1 Å². The Balaban J connectivity index is 1.20. The summed E-state index contributed by atoms with van der Waals surface area (Å²) in [6.45, 7) is 5.70. The summed E-state index contributed by atoms with van der Waals surface area (Å²) in [4.78, 5) is 31.0. The van der Waals surface area contributed by atoms with Crippen LogP contribution in [0.4, 0.5) is 0 Å². The van der Waals surface area contributed by atoms with Gasteiger partial charge in [0.05, 0.1) is 44.3 Å². The lowest BCUT2D eigenvalue weighted by molar-refractivity contribution is -0.144. The van der Waals surface area contributed by atoms with Crippen molar-refractivity contribution >= 4 is 17.4 Å². The van der Waals surface area contributed by atoms with Gasteiger partial charge in [-0.05, 0) is 28.7 Å². The Kier molecular flexibility index (Phi) is 7.90. The Morgan fingerprint density at radius 1 is 0.846 bits per heavy atom. The van der Waals surface area contributed by atoms with E-state index < -0.39 is 0 Å². The molecule has 7 heteroatoms. The molecule has 4 atom stereocenters. The van der Waals surface area contributed by atoms with Gasteiger partial charge in [-0.3, -0.25) is 9.59 Å². The standard InChI is InChI=1S/C32H37N3O4/c36-31(34-14-17-38-18-15-34)25-12-10-23(11-13-25)26-8-4-5-9-27(26)28-20-33-21-29(28)32(37)35-16-19-39-22-30(35)24-6-2-1-3-7-24/h1-12,25,28-30,33H,13-22H2/t25?,28-,29+,30+/m0/s1. The van der Waals surface area contributed by atoms with Gasteiger partial charge in [0.25, 0.3) is 0 Å². The van der Waals surface area contributed by atoms with Gasteiger partial charge in [0.1, 0.15) is 0 Å². The van der Waals surface area contributed by atoms with Gasteiger partial charge in [-0.2, -0.15) is 0 Å². The Labute approximate surface area is 230 Å². The summed E-state index contributed by atoms with van der Waals surface area (Å²) in [6, 6.07) is 18.6. The number of hydrogen-bond donors (Lipinski definition) is 1. The van der Waals surface area contributed by atoms with Crippen LogP contribution in [-0.2, 0) is 19.1 Å². The summed E-state index contributed by atoms with van der Waals surface area (Å²) in [6.07, 6.45) is 7.03. The molecule has 39 heavy (non-hydrogen) atoms. The largest absolute Gasteiger partial charge is 0.378 e. The number of rotatable bonds is 5. The summed E-state index contributed by atoms with van der Waals surface area (Å²) < 4.78 is 11.2. The van der Waals surface area contributed by atoms with Gasteiger partial charge >= 0.3 is 0 Å². The van der Waals surface area contributed by atoms with Crippen molar-refractivity contribution in [3.05, 3.63) is 89.5 Å². The zero-order valence-electron chi connectivity index (χ0n) is 22.3. The summed E-state index contributed by atoms with van der Waals surface area (Å²) >= 11 is 0. The van der Waals surface area contributed by atoms with E-state index in [0.29, 0.717) is 59.0 Å². The van der Waals surface area contributed by atoms with E-state index in [1.807, 2.05) is 28.0 Å². The number of carbonyl (C=O) groups is 2. The van der Waals surface area contributed by atoms with Crippen LogP contribution in [0, 0.1) is 11.8 Å². The van der Waals surface area contributed by atoms with Crippen molar-refractivity contribution < 1.29 is 19.1 Å². The molecule has 0 saturated carbocycles. The molecule has 3 heterocycles. The highest BCUT2D eigenvalue weighted by atomic mass is 16.5. The third-order valence-electron chi connectivity index (χ3n) is 8.54. The number of benzene rings is 2. The van der Waals surface area contributed by atoms with Gasteiger partial charge in [0.15, 0.2) is 0 Å². The first-order valence-corrected chi connectivity index (χ1v) is 14.2. The molecule has 0 spiro atoms. The van der Waals surface area contributed by atoms with E-state index in [0.717, 1.165) is 23.2 Å². The molecule has 1 unspecified atom stereocenters. The van der Waals surface area contributed by atoms with Crippen molar-refractivity contribution in [2.75, 3.05) is 59.2 Å². The smallest absolute Gasteiger partial charge is 0.229 e. The number of morpholine rings is 2. The first-order chi connectivity index (χ1) is 19.2. The molecule has 4 aliphatic rings. The fraction of sp³-hybridized carbons (Fsp3) is 0.438. The van der Waals surface area contributed by atoms with Crippen LogP contribution in [-0.4, -0.2) is 80.8 Å². The minimum absolute atomic E-state index is 0.0612. The number of nitrogens with one attached hydrogen (secondary N) is 1. The van der Waals surface area contributed by atoms with E-state index in [1.54, 1.807) is 0 Å². The highest BCUT2D eigenvalue weighted by molar-refractivity contribution is 5.86. The average molecular weight is 528 g/mol.